The van der Waals surface area contributed by atoms with Gasteiger partial charge in [-0.3, -0.25) is 9.48 Å². The molecule has 0 unspecified atom stereocenters. The average molecular weight is 470 g/mol. The van der Waals surface area contributed by atoms with Gasteiger partial charge in [-0.15, -0.1) is 0 Å². The molecule has 3 aromatic heterocycles. The third kappa shape index (κ3) is 3.24. The number of carbonyl (C=O) groups is 1. The van der Waals surface area contributed by atoms with Crippen LogP contribution in [0.2, 0.25) is 0 Å². The second-order valence-corrected chi connectivity index (χ2v) is 9.26. The van der Waals surface area contributed by atoms with Gasteiger partial charge in [0.05, 0.1) is 18.3 Å². The van der Waals surface area contributed by atoms with Gasteiger partial charge in [0.15, 0.2) is 5.58 Å². The number of hydrogen-bond donors (Lipinski definition) is 2. The molecule has 0 saturated heterocycles. The number of nitrogens with two attached hydrogens (primary N) is 2. The Kier molecular flexibility index (Phi) is 4.20. The number of carbonyl (C=O) groups excluding carboxylic acids is 1. The number of fused-ring (bicyclic) bond motifs is 1. The van der Waals surface area contributed by atoms with E-state index < -0.39 is 6.04 Å². The Labute approximate surface area is 199 Å². The van der Waals surface area contributed by atoms with Crippen LogP contribution in [-0.4, -0.2) is 36.8 Å². The minimum atomic E-state index is -0.406. The predicted molar refractivity (Wildman–Crippen MR) is 129 cm³/mol. The van der Waals surface area contributed by atoms with Crippen molar-refractivity contribution < 1.29 is 13.9 Å². The number of amides is 1. The molecular formula is C25H23N7O3. The Morgan fingerprint density at radius 2 is 1.94 bits per heavy atom. The highest BCUT2D eigenvalue weighted by Crippen LogP contribution is 2.41. The summed E-state index contributed by atoms with van der Waals surface area (Å²) >= 11 is 0. The molecule has 0 radical (unpaired) electrons. The van der Waals surface area contributed by atoms with Gasteiger partial charge in [-0.25, -0.2) is 4.98 Å². The Morgan fingerprint density at radius 3 is 2.77 bits per heavy atom. The number of ether oxygens (including phenoxy) is 1. The van der Waals surface area contributed by atoms with E-state index >= 15 is 0 Å². The first kappa shape index (κ1) is 20.1. The van der Waals surface area contributed by atoms with Crippen LogP contribution < -0.4 is 16.2 Å². The Morgan fingerprint density at radius 1 is 1.09 bits per heavy atom. The van der Waals surface area contributed by atoms with Gasteiger partial charge in [0.1, 0.15) is 28.6 Å². The summed E-state index contributed by atoms with van der Waals surface area (Å²) < 4.78 is 15.5. The van der Waals surface area contributed by atoms with Crippen LogP contribution in [0.4, 0.5) is 6.01 Å². The molecule has 2 aromatic carbocycles. The molecule has 2 aliphatic rings. The van der Waals surface area contributed by atoms with Gasteiger partial charge in [-0.05, 0) is 61.1 Å². The molecule has 35 heavy (non-hydrogen) atoms. The van der Waals surface area contributed by atoms with E-state index in [1.807, 2.05) is 36.5 Å². The Hall–Kier alpha value is -4.34. The highest BCUT2D eigenvalue weighted by atomic mass is 16.5. The lowest BCUT2D eigenvalue weighted by Crippen LogP contribution is -2.28. The molecule has 1 amide bonds. The standard InChI is InChI=1S/C25H23N7O3/c26-23(33)21(13-2-3-13)32-12-16(11-28-32)15-9-18-22-20(10-15)34-7-1-6-31(22)24(29-18)14-4-5-19-17(8-14)30-25(27)35-19/h4-5,8-13,21H,1-3,6-7H2,(H2,26,33)(H2,27,30)/t21-/m0/s1. The molecule has 176 valence electrons. The molecule has 5 aromatic rings. The number of hydrogen-bond acceptors (Lipinski definition) is 7. The SMILES string of the molecule is NC(=O)[C@H](C1CC1)n1cc(-c2cc3c4c(c2)nc(-c2ccc5oc(N)nc5c2)n4CCCO3)cn1. The van der Waals surface area contributed by atoms with Crippen molar-refractivity contribution in [1.29, 1.82) is 0 Å². The van der Waals surface area contributed by atoms with Gasteiger partial charge in [0.2, 0.25) is 5.91 Å². The molecule has 4 N–H and O–H groups in total. The number of anilines is 1. The number of nitrogen functional groups attached to an aromatic ring is 1. The fourth-order valence-corrected chi connectivity index (χ4v) is 5.06. The van der Waals surface area contributed by atoms with Crippen molar-refractivity contribution in [3.05, 3.63) is 42.7 Å². The maximum absolute atomic E-state index is 12.0. The molecule has 1 aliphatic heterocycles. The van der Waals surface area contributed by atoms with Gasteiger partial charge < -0.3 is 25.2 Å². The minimum absolute atomic E-state index is 0.143. The fourth-order valence-electron chi connectivity index (χ4n) is 5.06. The summed E-state index contributed by atoms with van der Waals surface area (Å²) in [5, 5.41) is 4.47. The van der Waals surface area contributed by atoms with Crippen LogP contribution in [0.1, 0.15) is 25.3 Å². The number of benzene rings is 2. The molecule has 1 atom stereocenters. The van der Waals surface area contributed by atoms with E-state index in [-0.39, 0.29) is 17.8 Å². The number of imidazole rings is 1. The predicted octanol–water partition coefficient (Wildman–Crippen LogP) is 3.51. The number of aromatic nitrogens is 5. The molecule has 10 heteroatoms. The first-order chi connectivity index (χ1) is 17.0. The molecule has 1 aliphatic carbocycles. The Bertz CT molecular complexity index is 1630. The van der Waals surface area contributed by atoms with Crippen molar-refractivity contribution >= 4 is 34.1 Å². The van der Waals surface area contributed by atoms with E-state index in [0.717, 1.165) is 65.1 Å². The molecule has 0 bridgehead atoms. The van der Waals surface area contributed by atoms with Crippen molar-refractivity contribution in [3.63, 3.8) is 0 Å². The fraction of sp³-hybridized carbons (Fsp3) is 0.280. The summed E-state index contributed by atoms with van der Waals surface area (Å²) in [5.74, 6) is 1.54. The normalized spacial score (nSPS) is 16.3. The van der Waals surface area contributed by atoms with Crippen molar-refractivity contribution in [2.45, 2.75) is 31.8 Å². The van der Waals surface area contributed by atoms with E-state index in [0.29, 0.717) is 17.7 Å². The van der Waals surface area contributed by atoms with E-state index in [4.69, 9.17) is 25.6 Å². The molecule has 4 heterocycles. The number of aryl methyl sites for hydroxylation is 1. The highest BCUT2D eigenvalue weighted by Gasteiger charge is 2.37. The number of nitrogens with zero attached hydrogens (tertiary/aromatic N) is 5. The second-order valence-electron chi connectivity index (χ2n) is 9.26. The maximum atomic E-state index is 12.0. The van der Waals surface area contributed by atoms with E-state index in [1.165, 1.54) is 0 Å². The van der Waals surface area contributed by atoms with Gasteiger partial charge in [0, 0.05) is 23.9 Å². The van der Waals surface area contributed by atoms with Crippen molar-refractivity contribution in [2.24, 2.45) is 11.7 Å². The van der Waals surface area contributed by atoms with Crippen LogP contribution in [0.3, 0.4) is 0 Å². The Balaban J connectivity index is 1.35. The summed E-state index contributed by atoms with van der Waals surface area (Å²) in [7, 11) is 0. The van der Waals surface area contributed by atoms with Gasteiger partial charge in [0.25, 0.3) is 6.01 Å². The molecule has 0 spiro atoms. The monoisotopic (exact) mass is 469 g/mol. The smallest absolute Gasteiger partial charge is 0.292 e. The van der Waals surface area contributed by atoms with Crippen LogP contribution >= 0.6 is 0 Å². The highest BCUT2D eigenvalue weighted by molar-refractivity contribution is 5.91. The molecule has 1 fully saturated rings. The van der Waals surface area contributed by atoms with E-state index in [1.54, 1.807) is 10.9 Å². The van der Waals surface area contributed by atoms with Crippen LogP contribution in [0.15, 0.2) is 47.1 Å². The van der Waals surface area contributed by atoms with Crippen molar-refractivity contribution in [2.75, 3.05) is 12.3 Å². The van der Waals surface area contributed by atoms with Crippen molar-refractivity contribution in [3.8, 4) is 28.3 Å². The summed E-state index contributed by atoms with van der Waals surface area (Å²) in [4.78, 5) is 21.3. The average Bonchev–Trinajstić information content (AvgIpc) is 3.31. The zero-order chi connectivity index (χ0) is 23.7. The third-order valence-electron chi connectivity index (χ3n) is 6.83. The minimum Gasteiger partial charge on any atom is -0.491 e. The van der Waals surface area contributed by atoms with Gasteiger partial charge >= 0.3 is 0 Å². The maximum Gasteiger partial charge on any atom is 0.292 e. The summed E-state index contributed by atoms with van der Waals surface area (Å²) in [5.41, 5.74) is 17.3. The van der Waals surface area contributed by atoms with E-state index in [2.05, 4.69) is 14.6 Å². The quantitative estimate of drug-likeness (QED) is 0.401. The van der Waals surface area contributed by atoms with E-state index in [9.17, 15) is 4.79 Å². The molecule has 7 rings (SSSR count). The van der Waals surface area contributed by atoms with Crippen LogP contribution in [0.5, 0.6) is 5.75 Å². The molecular weight excluding hydrogens is 446 g/mol. The first-order valence-corrected chi connectivity index (χ1v) is 11.7. The van der Waals surface area contributed by atoms with Crippen molar-refractivity contribution in [1.82, 2.24) is 24.3 Å². The topological polar surface area (TPSA) is 140 Å². The second kappa shape index (κ2) is 7.33. The summed E-state index contributed by atoms with van der Waals surface area (Å²) in [6, 6.07) is 9.57. The van der Waals surface area contributed by atoms with Crippen LogP contribution in [0.25, 0.3) is 44.6 Å². The zero-order valence-corrected chi connectivity index (χ0v) is 18.8. The molecule has 10 nitrogen and oxygen atoms in total. The first-order valence-electron chi connectivity index (χ1n) is 11.7. The zero-order valence-electron chi connectivity index (χ0n) is 18.8. The molecule has 1 saturated carbocycles. The lowest BCUT2D eigenvalue weighted by Gasteiger charge is -2.12. The van der Waals surface area contributed by atoms with Gasteiger partial charge in [-0.1, -0.05) is 0 Å². The van der Waals surface area contributed by atoms with Crippen LogP contribution in [-0.2, 0) is 11.3 Å². The summed E-state index contributed by atoms with van der Waals surface area (Å²) in [6.07, 6.45) is 6.52. The van der Waals surface area contributed by atoms with Gasteiger partial charge in [-0.2, -0.15) is 10.1 Å². The largest absolute Gasteiger partial charge is 0.491 e. The third-order valence-corrected chi connectivity index (χ3v) is 6.83. The summed E-state index contributed by atoms with van der Waals surface area (Å²) in [6.45, 7) is 1.40. The lowest BCUT2D eigenvalue weighted by atomic mass is 10.1. The lowest BCUT2D eigenvalue weighted by molar-refractivity contribution is -0.122. The number of primary amides is 1. The van der Waals surface area contributed by atoms with Crippen LogP contribution in [0, 0.1) is 5.92 Å². The number of rotatable bonds is 5. The number of oxazole rings is 1.